The van der Waals surface area contributed by atoms with Gasteiger partial charge in [-0.2, -0.15) is 10.2 Å². The van der Waals surface area contributed by atoms with Gasteiger partial charge in [-0.1, -0.05) is 29.8 Å². The molecule has 8 nitrogen and oxygen atoms in total. The average Bonchev–Trinajstić information content (AvgIpc) is 3.56. The normalized spacial score (nSPS) is 13.5. The fraction of sp³-hybridized carbons (Fsp3) is 0.192. The van der Waals surface area contributed by atoms with E-state index in [0.29, 0.717) is 59.9 Å². The number of halogens is 1. The maximum absolute atomic E-state index is 12.7. The summed E-state index contributed by atoms with van der Waals surface area (Å²) in [5, 5.41) is 10.2. The molecule has 3 heterocycles. The van der Waals surface area contributed by atoms with E-state index in [9.17, 15) is 10.1 Å². The van der Waals surface area contributed by atoms with Crippen molar-refractivity contribution >= 4 is 23.4 Å². The highest BCUT2D eigenvalue weighted by atomic mass is 35.5. The number of anilines is 1. The van der Waals surface area contributed by atoms with Crippen LogP contribution >= 0.6 is 11.6 Å². The molecule has 0 radical (unpaired) electrons. The van der Waals surface area contributed by atoms with Gasteiger partial charge in [-0.3, -0.25) is 4.79 Å². The molecule has 0 unspecified atom stereocenters. The first-order valence-electron chi connectivity index (χ1n) is 11.1. The van der Waals surface area contributed by atoms with Gasteiger partial charge in [0.1, 0.15) is 24.2 Å². The van der Waals surface area contributed by atoms with Gasteiger partial charge < -0.3 is 23.4 Å². The lowest BCUT2D eigenvalue weighted by Crippen LogP contribution is -2.48. The molecule has 0 bridgehead atoms. The minimum Gasteiger partial charge on any atom is -0.486 e. The topological polar surface area (TPSA) is 95.7 Å². The first kappa shape index (κ1) is 22.6. The van der Waals surface area contributed by atoms with Crippen LogP contribution in [0, 0.1) is 11.3 Å². The van der Waals surface area contributed by atoms with E-state index < -0.39 is 0 Å². The minimum absolute atomic E-state index is 0.00653. The molecule has 1 aliphatic rings. The molecule has 0 aliphatic carbocycles. The van der Waals surface area contributed by atoms with Crippen LogP contribution in [-0.2, 0) is 6.61 Å². The number of aromatic nitrogens is 1. The van der Waals surface area contributed by atoms with Crippen LogP contribution in [0.15, 0.2) is 75.6 Å². The lowest BCUT2D eigenvalue weighted by atomic mass is 10.2. The van der Waals surface area contributed by atoms with Crippen molar-refractivity contribution < 1.29 is 18.4 Å². The summed E-state index contributed by atoms with van der Waals surface area (Å²) in [7, 11) is 0. The van der Waals surface area contributed by atoms with Crippen LogP contribution in [0.5, 0.6) is 5.75 Å². The number of ether oxygens (including phenoxy) is 1. The molecule has 9 heteroatoms. The van der Waals surface area contributed by atoms with Crippen LogP contribution in [-0.4, -0.2) is 42.0 Å². The molecule has 4 aromatic rings. The van der Waals surface area contributed by atoms with Crippen LogP contribution in [0.25, 0.3) is 11.7 Å². The van der Waals surface area contributed by atoms with Gasteiger partial charge in [0, 0.05) is 36.8 Å². The maximum Gasteiger partial charge on any atom is 0.266 e. The van der Waals surface area contributed by atoms with Gasteiger partial charge in [0.25, 0.3) is 11.8 Å². The Morgan fingerprint density at radius 2 is 1.74 bits per heavy atom. The number of benzene rings is 2. The van der Waals surface area contributed by atoms with Crippen molar-refractivity contribution in [3.8, 4) is 23.5 Å². The first-order chi connectivity index (χ1) is 17.1. The molecular formula is C26H21ClN4O4. The van der Waals surface area contributed by atoms with E-state index in [0.717, 1.165) is 0 Å². The number of hydrogen-bond acceptors (Lipinski definition) is 7. The second kappa shape index (κ2) is 9.95. The Morgan fingerprint density at radius 3 is 2.46 bits per heavy atom. The fourth-order valence-electron chi connectivity index (χ4n) is 3.84. The maximum atomic E-state index is 12.7. The van der Waals surface area contributed by atoms with Crippen LogP contribution in [0.1, 0.15) is 21.8 Å². The summed E-state index contributed by atoms with van der Waals surface area (Å²) < 4.78 is 17.5. The molecule has 1 amide bonds. The number of piperazine rings is 1. The molecule has 1 aliphatic heterocycles. The van der Waals surface area contributed by atoms with Gasteiger partial charge in [0.05, 0.1) is 0 Å². The highest BCUT2D eigenvalue weighted by Crippen LogP contribution is 2.30. The van der Waals surface area contributed by atoms with Crippen molar-refractivity contribution in [1.29, 1.82) is 5.26 Å². The molecule has 1 fully saturated rings. The molecular weight excluding hydrogens is 468 g/mol. The molecule has 35 heavy (non-hydrogen) atoms. The molecule has 5 rings (SSSR count). The van der Waals surface area contributed by atoms with Crippen molar-refractivity contribution in [2.45, 2.75) is 6.61 Å². The van der Waals surface area contributed by atoms with E-state index in [1.54, 1.807) is 41.3 Å². The summed E-state index contributed by atoms with van der Waals surface area (Å²) in [6.45, 7) is 2.31. The minimum atomic E-state index is -0.00653. The largest absolute Gasteiger partial charge is 0.486 e. The van der Waals surface area contributed by atoms with E-state index in [1.807, 2.05) is 35.2 Å². The molecule has 0 spiro atoms. The fourth-order valence-corrected chi connectivity index (χ4v) is 3.96. The molecule has 1 saturated heterocycles. The third-order valence-electron chi connectivity index (χ3n) is 5.66. The van der Waals surface area contributed by atoms with E-state index in [2.05, 4.69) is 11.1 Å². The van der Waals surface area contributed by atoms with Crippen LogP contribution in [0.4, 0.5) is 5.88 Å². The average molecular weight is 489 g/mol. The van der Waals surface area contributed by atoms with Gasteiger partial charge in [-0.15, -0.1) is 0 Å². The smallest absolute Gasteiger partial charge is 0.266 e. The number of oxazole rings is 1. The number of carbonyl (C=O) groups is 1. The Labute approximate surface area is 206 Å². The Morgan fingerprint density at radius 1 is 1.00 bits per heavy atom. The van der Waals surface area contributed by atoms with Crippen LogP contribution < -0.4 is 9.64 Å². The number of amides is 1. The summed E-state index contributed by atoms with van der Waals surface area (Å²) in [5.41, 5.74) is 0.840. The van der Waals surface area contributed by atoms with Gasteiger partial charge in [0.2, 0.25) is 11.6 Å². The predicted molar refractivity (Wildman–Crippen MR) is 129 cm³/mol. The van der Waals surface area contributed by atoms with Crippen molar-refractivity contribution in [3.63, 3.8) is 0 Å². The molecule has 0 saturated carbocycles. The van der Waals surface area contributed by atoms with Crippen molar-refractivity contribution in [2.75, 3.05) is 31.1 Å². The Balaban J connectivity index is 1.24. The zero-order valence-electron chi connectivity index (χ0n) is 18.7. The summed E-state index contributed by atoms with van der Waals surface area (Å²) in [6.07, 6.45) is 0. The zero-order chi connectivity index (χ0) is 24.2. The van der Waals surface area contributed by atoms with Crippen LogP contribution in [0.3, 0.4) is 0 Å². The summed E-state index contributed by atoms with van der Waals surface area (Å²) >= 11 is 5.89. The summed E-state index contributed by atoms with van der Waals surface area (Å²) in [5.74, 6) is 2.25. The van der Waals surface area contributed by atoms with Crippen molar-refractivity contribution in [2.24, 2.45) is 0 Å². The second-order valence-corrected chi connectivity index (χ2v) is 8.37. The first-order valence-corrected chi connectivity index (χ1v) is 11.5. The summed E-state index contributed by atoms with van der Waals surface area (Å²) in [4.78, 5) is 20.8. The van der Waals surface area contributed by atoms with E-state index in [1.165, 1.54) is 0 Å². The van der Waals surface area contributed by atoms with Crippen molar-refractivity contribution in [1.82, 2.24) is 9.88 Å². The van der Waals surface area contributed by atoms with Gasteiger partial charge in [-0.25, -0.2) is 0 Å². The highest BCUT2D eigenvalue weighted by Gasteiger charge is 2.27. The Bertz CT molecular complexity index is 1350. The zero-order valence-corrected chi connectivity index (χ0v) is 19.4. The molecule has 0 N–H and O–H groups in total. The van der Waals surface area contributed by atoms with E-state index in [-0.39, 0.29) is 24.1 Å². The summed E-state index contributed by atoms with van der Waals surface area (Å²) in [6, 6.07) is 21.9. The monoisotopic (exact) mass is 488 g/mol. The highest BCUT2D eigenvalue weighted by molar-refractivity contribution is 6.30. The van der Waals surface area contributed by atoms with E-state index >= 15 is 0 Å². The van der Waals surface area contributed by atoms with E-state index in [4.69, 9.17) is 25.2 Å². The number of furan rings is 1. The Hall–Kier alpha value is -4.22. The molecule has 2 aromatic carbocycles. The number of hydrogen-bond donors (Lipinski definition) is 0. The molecule has 2 aromatic heterocycles. The lowest BCUT2D eigenvalue weighted by Gasteiger charge is -2.34. The third-order valence-corrected chi connectivity index (χ3v) is 5.91. The quantitative estimate of drug-likeness (QED) is 0.376. The number of nitriles is 1. The number of nitrogens with zero attached hydrogens (tertiary/aromatic N) is 4. The SMILES string of the molecule is N#Cc1nc(-c2ccc(COc3ccc(Cl)cc3)o2)oc1N1CCN(C(=O)c2ccccc2)CC1. The molecule has 176 valence electrons. The lowest BCUT2D eigenvalue weighted by molar-refractivity contribution is 0.0745. The van der Waals surface area contributed by atoms with Gasteiger partial charge in [0.15, 0.2) is 5.76 Å². The number of carbonyl (C=O) groups excluding carboxylic acids is 1. The van der Waals surface area contributed by atoms with Gasteiger partial charge >= 0.3 is 0 Å². The van der Waals surface area contributed by atoms with Crippen LogP contribution in [0.2, 0.25) is 5.02 Å². The third kappa shape index (κ3) is 5.00. The number of rotatable bonds is 6. The molecule has 0 atom stereocenters. The van der Waals surface area contributed by atoms with Crippen molar-refractivity contribution in [3.05, 3.63) is 88.8 Å². The van der Waals surface area contributed by atoms with Gasteiger partial charge in [-0.05, 0) is 48.5 Å². The second-order valence-electron chi connectivity index (χ2n) is 7.94. The standard InChI is InChI=1S/C26H21ClN4O4/c27-19-6-8-20(9-7-19)33-17-21-10-11-23(34-21)24-29-22(16-28)26(35-24)31-14-12-30(13-15-31)25(32)18-4-2-1-3-5-18/h1-11H,12-15,17H2. The predicted octanol–water partition coefficient (Wildman–Crippen LogP) is 5.00. The Kier molecular flexibility index (Phi) is 6.42.